The molecule has 0 aliphatic rings. The van der Waals surface area contributed by atoms with E-state index in [2.05, 4.69) is 14.9 Å². The van der Waals surface area contributed by atoms with Gasteiger partial charge in [0.15, 0.2) is 0 Å². The van der Waals surface area contributed by atoms with Gasteiger partial charge in [-0.15, -0.1) is 0 Å². The molecule has 6 nitrogen and oxygen atoms in total. The summed E-state index contributed by atoms with van der Waals surface area (Å²) in [6.45, 7) is 0.395. The van der Waals surface area contributed by atoms with Gasteiger partial charge in [0.1, 0.15) is 0 Å². The van der Waals surface area contributed by atoms with Crippen LogP contribution in [0.4, 0.5) is 5.82 Å². The average molecular weight is 267 g/mol. The van der Waals surface area contributed by atoms with Gasteiger partial charge in [0, 0.05) is 18.6 Å². The lowest BCUT2D eigenvalue weighted by atomic mass is 10.2. The molecule has 0 aliphatic carbocycles. The third kappa shape index (κ3) is 2.60. The predicted octanol–water partition coefficient (Wildman–Crippen LogP) is 1.58. The summed E-state index contributed by atoms with van der Waals surface area (Å²) in [4.78, 5) is 13.4. The lowest BCUT2D eigenvalue weighted by molar-refractivity contribution is 0.0774. The van der Waals surface area contributed by atoms with Gasteiger partial charge in [-0.1, -0.05) is 23.7 Å². The summed E-state index contributed by atoms with van der Waals surface area (Å²) in [6, 6.07) is 7.25. The quantitative estimate of drug-likeness (QED) is 0.911. The predicted molar refractivity (Wildman–Crippen MR) is 66.0 cm³/mol. The van der Waals surface area contributed by atoms with Crippen LogP contribution < -0.4 is 5.73 Å². The minimum atomic E-state index is -0.353. The van der Waals surface area contributed by atoms with Gasteiger partial charge in [-0.3, -0.25) is 4.79 Å². The van der Waals surface area contributed by atoms with Gasteiger partial charge in [0.25, 0.3) is 5.91 Å². The first-order chi connectivity index (χ1) is 8.58. The van der Waals surface area contributed by atoms with E-state index >= 15 is 0 Å². The normalized spacial score (nSPS) is 10.3. The van der Waals surface area contributed by atoms with Gasteiger partial charge in [-0.2, -0.15) is 0 Å². The zero-order chi connectivity index (χ0) is 13.1. The molecule has 2 rings (SSSR count). The van der Waals surface area contributed by atoms with Gasteiger partial charge in [-0.25, -0.2) is 4.63 Å². The molecule has 0 atom stereocenters. The van der Waals surface area contributed by atoms with Crippen molar-refractivity contribution in [3.8, 4) is 0 Å². The summed E-state index contributed by atoms with van der Waals surface area (Å²) in [5, 5.41) is 7.45. The number of hydrogen-bond donors (Lipinski definition) is 1. The molecule has 0 saturated carbocycles. The molecule has 0 bridgehead atoms. The molecule has 0 fully saturated rings. The number of halogens is 1. The van der Waals surface area contributed by atoms with Crippen LogP contribution >= 0.6 is 11.6 Å². The molecule has 1 aromatic carbocycles. The van der Waals surface area contributed by atoms with Crippen molar-refractivity contribution in [2.45, 2.75) is 6.54 Å². The van der Waals surface area contributed by atoms with E-state index in [1.165, 1.54) is 4.90 Å². The van der Waals surface area contributed by atoms with Crippen molar-refractivity contribution >= 4 is 23.3 Å². The highest BCUT2D eigenvalue weighted by atomic mass is 35.5. The van der Waals surface area contributed by atoms with E-state index in [4.69, 9.17) is 17.3 Å². The molecular formula is C11H11ClN4O2. The van der Waals surface area contributed by atoms with Gasteiger partial charge in [0.05, 0.1) is 0 Å². The van der Waals surface area contributed by atoms with Crippen LogP contribution in [0.15, 0.2) is 28.9 Å². The Morgan fingerprint density at radius 2 is 2.28 bits per heavy atom. The van der Waals surface area contributed by atoms with Crippen LogP contribution in [-0.4, -0.2) is 28.2 Å². The van der Waals surface area contributed by atoms with Crippen molar-refractivity contribution in [3.05, 3.63) is 40.5 Å². The number of nitrogens with zero attached hydrogens (tertiary/aromatic N) is 3. The number of aromatic nitrogens is 2. The molecule has 18 heavy (non-hydrogen) atoms. The molecule has 2 N–H and O–H groups in total. The van der Waals surface area contributed by atoms with E-state index in [-0.39, 0.29) is 17.4 Å². The van der Waals surface area contributed by atoms with Crippen molar-refractivity contribution in [2.24, 2.45) is 0 Å². The number of rotatable bonds is 3. The van der Waals surface area contributed by atoms with Gasteiger partial charge >= 0.3 is 0 Å². The van der Waals surface area contributed by atoms with Gasteiger partial charge in [-0.05, 0) is 28.0 Å². The Morgan fingerprint density at radius 1 is 1.50 bits per heavy atom. The monoisotopic (exact) mass is 266 g/mol. The van der Waals surface area contributed by atoms with E-state index in [0.29, 0.717) is 11.6 Å². The van der Waals surface area contributed by atoms with Crippen LogP contribution in [0, 0.1) is 0 Å². The van der Waals surface area contributed by atoms with Crippen molar-refractivity contribution in [2.75, 3.05) is 12.8 Å². The summed E-state index contributed by atoms with van der Waals surface area (Å²) in [6.07, 6.45) is 0. The first-order valence-electron chi connectivity index (χ1n) is 5.16. The van der Waals surface area contributed by atoms with Crippen LogP contribution in [0.25, 0.3) is 0 Å². The second kappa shape index (κ2) is 5.05. The molecule has 1 heterocycles. The highest BCUT2D eigenvalue weighted by Gasteiger charge is 2.20. The first kappa shape index (κ1) is 12.4. The van der Waals surface area contributed by atoms with Crippen molar-refractivity contribution in [1.29, 1.82) is 0 Å². The fraction of sp³-hybridized carbons (Fsp3) is 0.182. The van der Waals surface area contributed by atoms with Crippen LogP contribution in [0.2, 0.25) is 5.02 Å². The lowest BCUT2D eigenvalue weighted by Crippen LogP contribution is -2.27. The number of amides is 1. The Bertz CT molecular complexity index is 570. The number of nitrogens with two attached hydrogens (primary N) is 1. The SMILES string of the molecule is CN(Cc1cccc(Cl)c1)C(=O)c1nonc1N. The van der Waals surface area contributed by atoms with E-state index < -0.39 is 0 Å². The third-order valence-electron chi connectivity index (χ3n) is 2.37. The maximum atomic E-state index is 12.0. The molecule has 1 aromatic heterocycles. The van der Waals surface area contributed by atoms with Crippen LogP contribution in [0.1, 0.15) is 16.1 Å². The fourth-order valence-electron chi connectivity index (χ4n) is 1.51. The highest BCUT2D eigenvalue weighted by Crippen LogP contribution is 2.14. The highest BCUT2D eigenvalue weighted by molar-refractivity contribution is 6.30. The standard InChI is InChI=1S/C11H11ClN4O2/c1-16(6-7-3-2-4-8(12)5-7)11(17)9-10(13)15-18-14-9/h2-5H,6H2,1H3,(H2,13,15). The molecule has 0 saturated heterocycles. The summed E-state index contributed by atoms with van der Waals surface area (Å²) in [5.74, 6) is -0.369. The lowest BCUT2D eigenvalue weighted by Gasteiger charge is -2.15. The maximum absolute atomic E-state index is 12.0. The summed E-state index contributed by atoms with van der Waals surface area (Å²) in [7, 11) is 1.64. The summed E-state index contributed by atoms with van der Waals surface area (Å²) < 4.78 is 4.39. The summed E-state index contributed by atoms with van der Waals surface area (Å²) >= 11 is 5.87. The Balaban J connectivity index is 2.11. The van der Waals surface area contributed by atoms with E-state index in [1.807, 2.05) is 12.1 Å². The number of carbonyl (C=O) groups excluding carboxylic acids is 1. The van der Waals surface area contributed by atoms with E-state index in [9.17, 15) is 4.79 Å². The second-order valence-corrected chi connectivity index (χ2v) is 4.23. The Labute approximate surface area is 108 Å². The molecule has 0 radical (unpaired) electrons. The smallest absolute Gasteiger partial charge is 0.280 e. The number of nitrogen functional groups attached to an aromatic ring is 1. The maximum Gasteiger partial charge on any atom is 0.280 e. The van der Waals surface area contributed by atoms with Crippen molar-refractivity contribution in [3.63, 3.8) is 0 Å². The Kier molecular flexibility index (Phi) is 3.47. The van der Waals surface area contributed by atoms with Gasteiger partial charge < -0.3 is 10.6 Å². The Morgan fingerprint density at radius 3 is 2.89 bits per heavy atom. The third-order valence-corrected chi connectivity index (χ3v) is 2.61. The number of hydrogen-bond acceptors (Lipinski definition) is 5. The molecular weight excluding hydrogens is 256 g/mol. The molecule has 1 amide bonds. The largest absolute Gasteiger partial charge is 0.379 e. The minimum Gasteiger partial charge on any atom is -0.379 e. The number of anilines is 1. The number of benzene rings is 1. The molecule has 0 unspecified atom stereocenters. The topological polar surface area (TPSA) is 85.2 Å². The molecule has 0 spiro atoms. The summed E-state index contributed by atoms with van der Waals surface area (Å²) in [5.41, 5.74) is 6.38. The second-order valence-electron chi connectivity index (χ2n) is 3.79. The first-order valence-corrected chi connectivity index (χ1v) is 5.53. The van der Waals surface area contributed by atoms with Crippen molar-refractivity contribution < 1.29 is 9.42 Å². The van der Waals surface area contributed by atoms with Crippen molar-refractivity contribution in [1.82, 2.24) is 15.2 Å². The number of carbonyl (C=O) groups is 1. The zero-order valence-electron chi connectivity index (χ0n) is 9.63. The molecule has 2 aromatic rings. The average Bonchev–Trinajstić information content (AvgIpc) is 2.74. The molecule has 0 aliphatic heterocycles. The fourth-order valence-corrected chi connectivity index (χ4v) is 1.72. The van der Waals surface area contributed by atoms with Crippen LogP contribution in [0.3, 0.4) is 0 Å². The minimum absolute atomic E-state index is 0.0135. The van der Waals surface area contributed by atoms with E-state index in [1.54, 1.807) is 19.2 Å². The molecule has 7 heteroatoms. The van der Waals surface area contributed by atoms with Crippen LogP contribution in [0.5, 0.6) is 0 Å². The zero-order valence-corrected chi connectivity index (χ0v) is 10.4. The van der Waals surface area contributed by atoms with Crippen LogP contribution in [-0.2, 0) is 6.54 Å². The van der Waals surface area contributed by atoms with E-state index in [0.717, 1.165) is 5.56 Å². The van der Waals surface area contributed by atoms with Gasteiger partial charge in [0.2, 0.25) is 11.5 Å². The Hall–Kier alpha value is -2.08. The molecule has 94 valence electrons.